The van der Waals surface area contributed by atoms with Gasteiger partial charge in [0, 0.05) is 0 Å². The van der Waals surface area contributed by atoms with Crippen molar-refractivity contribution in [3.05, 3.63) is 34.4 Å². The van der Waals surface area contributed by atoms with E-state index in [-0.39, 0.29) is 12.0 Å². The first-order chi connectivity index (χ1) is 7.56. The number of hydrogen-bond donors (Lipinski definition) is 1. The SMILES string of the molecule is Cc1c(COO)ccc2c1C(C)(C)CCC2. The van der Waals surface area contributed by atoms with Crippen LogP contribution in [0.1, 0.15) is 48.9 Å². The third kappa shape index (κ3) is 1.87. The number of rotatable bonds is 2. The summed E-state index contributed by atoms with van der Waals surface area (Å²) in [5.41, 5.74) is 5.57. The smallest absolute Gasteiger partial charge is 0.107 e. The average molecular weight is 220 g/mol. The Balaban J connectivity index is 2.53. The Morgan fingerprint density at radius 1 is 1.38 bits per heavy atom. The molecular formula is C14H20O2. The molecule has 0 amide bonds. The zero-order valence-corrected chi connectivity index (χ0v) is 10.3. The molecule has 0 bridgehead atoms. The molecule has 0 aliphatic heterocycles. The maximum atomic E-state index is 8.58. The Labute approximate surface area is 97.2 Å². The lowest BCUT2D eigenvalue weighted by Gasteiger charge is -2.35. The van der Waals surface area contributed by atoms with Crippen LogP contribution in [0, 0.1) is 6.92 Å². The molecule has 2 heteroatoms. The highest BCUT2D eigenvalue weighted by atomic mass is 17.1. The van der Waals surface area contributed by atoms with Gasteiger partial charge in [-0.25, -0.2) is 4.89 Å². The van der Waals surface area contributed by atoms with Crippen LogP contribution in [0.25, 0.3) is 0 Å². The maximum absolute atomic E-state index is 8.58. The molecule has 2 nitrogen and oxygen atoms in total. The van der Waals surface area contributed by atoms with Crippen molar-refractivity contribution >= 4 is 0 Å². The van der Waals surface area contributed by atoms with Crippen molar-refractivity contribution in [3.8, 4) is 0 Å². The molecule has 16 heavy (non-hydrogen) atoms. The molecule has 0 heterocycles. The normalized spacial score (nSPS) is 18.2. The third-order valence-corrected chi connectivity index (χ3v) is 3.81. The Kier molecular flexibility index (Phi) is 3.04. The minimum atomic E-state index is 0.253. The zero-order valence-electron chi connectivity index (χ0n) is 10.3. The fourth-order valence-corrected chi connectivity index (χ4v) is 3.03. The predicted molar refractivity (Wildman–Crippen MR) is 64.6 cm³/mol. The van der Waals surface area contributed by atoms with E-state index in [0.29, 0.717) is 0 Å². The van der Waals surface area contributed by atoms with Gasteiger partial charge in [0.25, 0.3) is 0 Å². The first-order valence-corrected chi connectivity index (χ1v) is 5.94. The number of fused-ring (bicyclic) bond motifs is 1. The first kappa shape index (κ1) is 11.6. The minimum absolute atomic E-state index is 0.253. The minimum Gasteiger partial charge on any atom is -0.251 e. The summed E-state index contributed by atoms with van der Waals surface area (Å²) in [7, 11) is 0. The number of benzene rings is 1. The summed E-state index contributed by atoms with van der Waals surface area (Å²) in [5.74, 6) is 0. The van der Waals surface area contributed by atoms with Crippen molar-refractivity contribution in [2.24, 2.45) is 0 Å². The van der Waals surface area contributed by atoms with Gasteiger partial charge in [-0.15, -0.1) is 0 Å². The Morgan fingerprint density at radius 3 is 2.81 bits per heavy atom. The van der Waals surface area contributed by atoms with Gasteiger partial charge in [-0.05, 0) is 53.9 Å². The van der Waals surface area contributed by atoms with E-state index < -0.39 is 0 Å². The van der Waals surface area contributed by atoms with E-state index >= 15 is 0 Å². The fraction of sp³-hybridized carbons (Fsp3) is 0.571. The van der Waals surface area contributed by atoms with Crippen molar-refractivity contribution in [2.45, 2.75) is 52.1 Å². The lowest BCUT2D eigenvalue weighted by molar-refractivity contribution is -0.253. The van der Waals surface area contributed by atoms with Crippen LogP contribution < -0.4 is 0 Å². The molecule has 2 rings (SSSR count). The molecule has 0 unspecified atom stereocenters. The van der Waals surface area contributed by atoms with Crippen LogP contribution in [0.5, 0.6) is 0 Å². The van der Waals surface area contributed by atoms with Crippen molar-refractivity contribution in [1.82, 2.24) is 0 Å². The van der Waals surface area contributed by atoms with Gasteiger partial charge in [-0.3, -0.25) is 5.26 Å². The van der Waals surface area contributed by atoms with E-state index in [0.717, 1.165) is 5.56 Å². The summed E-state index contributed by atoms with van der Waals surface area (Å²) in [6, 6.07) is 4.27. The first-order valence-electron chi connectivity index (χ1n) is 5.94. The lowest BCUT2D eigenvalue weighted by atomic mass is 9.70. The van der Waals surface area contributed by atoms with Crippen LogP contribution in [-0.4, -0.2) is 5.26 Å². The fourth-order valence-electron chi connectivity index (χ4n) is 3.03. The van der Waals surface area contributed by atoms with E-state index in [1.54, 1.807) is 0 Å². The Bertz CT molecular complexity index is 394. The molecule has 1 aliphatic rings. The van der Waals surface area contributed by atoms with Gasteiger partial charge in [-0.2, -0.15) is 0 Å². The summed E-state index contributed by atoms with van der Waals surface area (Å²) >= 11 is 0. The molecule has 0 saturated carbocycles. The van der Waals surface area contributed by atoms with E-state index in [1.165, 1.54) is 36.0 Å². The maximum Gasteiger partial charge on any atom is 0.107 e. The molecular weight excluding hydrogens is 200 g/mol. The van der Waals surface area contributed by atoms with Gasteiger partial charge in [-0.1, -0.05) is 26.0 Å². The molecule has 0 aromatic heterocycles. The summed E-state index contributed by atoms with van der Waals surface area (Å²) in [4.78, 5) is 4.27. The zero-order chi connectivity index (χ0) is 11.8. The van der Waals surface area contributed by atoms with Crippen molar-refractivity contribution in [1.29, 1.82) is 0 Å². The highest BCUT2D eigenvalue weighted by molar-refractivity contribution is 5.45. The van der Waals surface area contributed by atoms with Gasteiger partial charge < -0.3 is 0 Å². The highest BCUT2D eigenvalue weighted by Crippen LogP contribution is 2.39. The second-order valence-corrected chi connectivity index (χ2v) is 5.39. The Hall–Kier alpha value is -0.860. The van der Waals surface area contributed by atoms with E-state index in [1.807, 2.05) is 0 Å². The summed E-state index contributed by atoms with van der Waals surface area (Å²) in [5, 5.41) is 8.58. The number of aryl methyl sites for hydroxylation is 1. The molecule has 0 fully saturated rings. The topological polar surface area (TPSA) is 29.5 Å². The van der Waals surface area contributed by atoms with E-state index in [9.17, 15) is 0 Å². The predicted octanol–water partition coefficient (Wildman–Crippen LogP) is 3.60. The number of hydrogen-bond acceptors (Lipinski definition) is 2. The van der Waals surface area contributed by atoms with Gasteiger partial charge in [0.05, 0.1) is 0 Å². The molecule has 0 atom stereocenters. The van der Waals surface area contributed by atoms with Crippen molar-refractivity contribution in [3.63, 3.8) is 0 Å². The van der Waals surface area contributed by atoms with Crippen LogP contribution in [0.15, 0.2) is 12.1 Å². The van der Waals surface area contributed by atoms with Crippen LogP contribution in [-0.2, 0) is 23.3 Å². The molecule has 1 aromatic rings. The lowest BCUT2D eigenvalue weighted by Crippen LogP contribution is -2.25. The van der Waals surface area contributed by atoms with Crippen molar-refractivity contribution < 1.29 is 10.1 Å². The van der Waals surface area contributed by atoms with E-state index in [2.05, 4.69) is 37.8 Å². The standard InChI is InChI=1S/C14H20O2/c1-10-12(9-16-15)7-6-11-5-4-8-14(2,3)13(10)11/h6-7,15H,4-5,8-9H2,1-3H3. The molecule has 0 spiro atoms. The van der Waals surface area contributed by atoms with Gasteiger partial charge in [0.15, 0.2) is 0 Å². The second kappa shape index (κ2) is 4.19. The van der Waals surface area contributed by atoms with Crippen molar-refractivity contribution in [2.75, 3.05) is 0 Å². The molecule has 88 valence electrons. The summed E-state index contributed by atoms with van der Waals surface area (Å²) in [6.07, 6.45) is 3.69. The van der Waals surface area contributed by atoms with E-state index in [4.69, 9.17) is 5.26 Å². The molecule has 0 saturated heterocycles. The Morgan fingerprint density at radius 2 is 2.12 bits per heavy atom. The summed E-state index contributed by atoms with van der Waals surface area (Å²) < 4.78 is 0. The quantitative estimate of drug-likeness (QED) is 0.609. The third-order valence-electron chi connectivity index (χ3n) is 3.81. The van der Waals surface area contributed by atoms with Crippen LogP contribution >= 0.6 is 0 Å². The molecule has 1 aliphatic carbocycles. The highest BCUT2D eigenvalue weighted by Gasteiger charge is 2.29. The largest absolute Gasteiger partial charge is 0.251 e. The monoisotopic (exact) mass is 220 g/mol. The van der Waals surface area contributed by atoms with Gasteiger partial charge in [0.2, 0.25) is 0 Å². The molecule has 1 N–H and O–H groups in total. The van der Waals surface area contributed by atoms with Crippen LogP contribution in [0.2, 0.25) is 0 Å². The van der Waals surface area contributed by atoms with Crippen LogP contribution in [0.3, 0.4) is 0 Å². The molecule has 0 radical (unpaired) electrons. The van der Waals surface area contributed by atoms with Gasteiger partial charge in [0.1, 0.15) is 6.61 Å². The molecule has 1 aromatic carbocycles. The summed E-state index contributed by atoms with van der Waals surface area (Å²) in [6.45, 7) is 7.04. The van der Waals surface area contributed by atoms with Crippen LogP contribution in [0.4, 0.5) is 0 Å². The average Bonchev–Trinajstić information content (AvgIpc) is 2.21. The van der Waals surface area contributed by atoms with Gasteiger partial charge >= 0.3 is 0 Å². The second-order valence-electron chi connectivity index (χ2n) is 5.39.